The van der Waals surface area contributed by atoms with Crippen molar-refractivity contribution in [2.75, 3.05) is 12.4 Å². The molecule has 3 amide bonds. The van der Waals surface area contributed by atoms with E-state index in [0.29, 0.717) is 12.1 Å². The smallest absolute Gasteiger partial charge is 0.324 e. The van der Waals surface area contributed by atoms with Crippen molar-refractivity contribution in [2.45, 2.75) is 57.5 Å². The van der Waals surface area contributed by atoms with E-state index in [1.807, 2.05) is 17.0 Å². The van der Waals surface area contributed by atoms with Crippen LogP contribution in [0.1, 0.15) is 58.6 Å². The van der Waals surface area contributed by atoms with E-state index in [0.717, 1.165) is 36.4 Å². The van der Waals surface area contributed by atoms with Gasteiger partial charge in [-0.15, -0.1) is 11.3 Å². The molecule has 0 unspecified atom stereocenters. The molecule has 4 rings (SSSR count). The van der Waals surface area contributed by atoms with Crippen molar-refractivity contribution in [3.05, 3.63) is 46.0 Å². The lowest BCUT2D eigenvalue weighted by molar-refractivity contribution is 0.0963. The molecular weight excluding hydrogens is 372 g/mol. The van der Waals surface area contributed by atoms with Crippen molar-refractivity contribution in [3.63, 3.8) is 0 Å². The van der Waals surface area contributed by atoms with Gasteiger partial charge >= 0.3 is 6.03 Å². The Balaban J connectivity index is 1.43. The zero-order chi connectivity index (χ0) is 19.5. The van der Waals surface area contributed by atoms with E-state index in [9.17, 15) is 9.59 Å². The van der Waals surface area contributed by atoms with Gasteiger partial charge in [-0.05, 0) is 56.2 Å². The first kappa shape index (κ1) is 18.9. The fraction of sp³-hybridized carbons (Fsp3) is 0.476. The Bertz CT molecular complexity index is 834. The fourth-order valence-corrected chi connectivity index (χ4v) is 4.64. The van der Waals surface area contributed by atoms with E-state index in [1.165, 1.54) is 29.8 Å². The van der Waals surface area contributed by atoms with Crippen LogP contribution in [-0.4, -0.2) is 34.9 Å². The number of nitrogens with one attached hydrogen (secondary N) is 2. The Kier molecular flexibility index (Phi) is 5.62. The summed E-state index contributed by atoms with van der Waals surface area (Å²) in [4.78, 5) is 32.5. The Morgan fingerprint density at radius 1 is 1.14 bits per heavy atom. The van der Waals surface area contributed by atoms with Crippen molar-refractivity contribution < 1.29 is 9.59 Å². The highest BCUT2D eigenvalue weighted by atomic mass is 32.1. The van der Waals surface area contributed by atoms with Crippen molar-refractivity contribution >= 4 is 28.4 Å². The topological polar surface area (TPSA) is 74.3 Å². The van der Waals surface area contributed by atoms with E-state index in [-0.39, 0.29) is 18.0 Å². The van der Waals surface area contributed by atoms with Gasteiger partial charge in [-0.3, -0.25) is 10.1 Å². The zero-order valence-electron chi connectivity index (χ0n) is 16.2. The largest absolute Gasteiger partial charge is 0.355 e. The van der Waals surface area contributed by atoms with Gasteiger partial charge in [-0.2, -0.15) is 0 Å². The highest BCUT2D eigenvalue weighted by Crippen LogP contribution is 2.32. The second-order valence-corrected chi connectivity index (χ2v) is 8.60. The van der Waals surface area contributed by atoms with Crippen LogP contribution in [0.2, 0.25) is 0 Å². The van der Waals surface area contributed by atoms with Crippen molar-refractivity contribution in [1.29, 1.82) is 0 Å². The van der Waals surface area contributed by atoms with Crippen LogP contribution in [0.5, 0.6) is 0 Å². The van der Waals surface area contributed by atoms with Crippen molar-refractivity contribution in [2.24, 2.45) is 0 Å². The lowest BCUT2D eigenvalue weighted by Gasteiger charge is -2.22. The first-order valence-electron chi connectivity index (χ1n) is 10.0. The molecule has 28 heavy (non-hydrogen) atoms. The molecule has 1 heterocycles. The molecule has 148 valence electrons. The molecule has 0 bridgehead atoms. The summed E-state index contributed by atoms with van der Waals surface area (Å²) in [7, 11) is 1.62. The number of aromatic nitrogens is 1. The quantitative estimate of drug-likeness (QED) is 0.749. The second kappa shape index (κ2) is 8.31. The molecule has 6 nitrogen and oxygen atoms in total. The molecule has 0 spiro atoms. The molecule has 0 atom stereocenters. The molecule has 2 aromatic rings. The van der Waals surface area contributed by atoms with Gasteiger partial charge in [-0.25, -0.2) is 9.78 Å². The summed E-state index contributed by atoms with van der Waals surface area (Å²) in [6.07, 6.45) is 7.83. The van der Waals surface area contributed by atoms with Crippen LogP contribution in [0, 0.1) is 0 Å². The Hall–Kier alpha value is -2.41. The van der Waals surface area contributed by atoms with Gasteiger partial charge in [0.1, 0.15) is 0 Å². The maximum Gasteiger partial charge on any atom is 0.324 e. The first-order chi connectivity index (χ1) is 13.6. The molecule has 1 aromatic heterocycles. The number of benzene rings is 1. The molecule has 7 heteroatoms. The molecule has 0 aliphatic heterocycles. The number of rotatable bonds is 5. The minimum atomic E-state index is -0.105. The van der Waals surface area contributed by atoms with Gasteiger partial charge in [0.2, 0.25) is 0 Å². The minimum Gasteiger partial charge on any atom is -0.355 e. The maximum atomic E-state index is 12.9. The molecule has 1 saturated carbocycles. The van der Waals surface area contributed by atoms with E-state index in [2.05, 4.69) is 15.6 Å². The molecule has 1 aromatic carbocycles. The highest BCUT2D eigenvalue weighted by Gasteiger charge is 2.33. The maximum absolute atomic E-state index is 12.9. The second-order valence-electron chi connectivity index (χ2n) is 7.51. The summed E-state index contributed by atoms with van der Waals surface area (Å²) in [5.41, 5.74) is 2.81. The summed E-state index contributed by atoms with van der Waals surface area (Å²) in [5, 5.41) is 6.37. The predicted molar refractivity (Wildman–Crippen MR) is 111 cm³/mol. The van der Waals surface area contributed by atoms with E-state index in [1.54, 1.807) is 30.5 Å². The SMILES string of the molecule is CNC(=O)c1ccc(CN(C(=O)Nc2nc3c(s2)CCCCC3)C2CC2)cc1. The third kappa shape index (κ3) is 4.35. The average Bonchev–Trinajstić information content (AvgIpc) is 3.51. The normalized spacial score (nSPS) is 16.0. The standard InChI is InChI=1S/C21H26N4O2S/c1-22-19(26)15-9-7-14(8-10-15)13-25(16-11-12-16)21(27)24-20-23-17-5-3-2-4-6-18(17)28-20/h7-10,16H,2-6,11-13H2,1H3,(H,22,26)(H,23,24,27). The number of urea groups is 1. The summed E-state index contributed by atoms with van der Waals surface area (Å²) < 4.78 is 0. The monoisotopic (exact) mass is 398 g/mol. The number of hydrogen-bond donors (Lipinski definition) is 2. The van der Waals surface area contributed by atoms with Crippen LogP contribution < -0.4 is 10.6 Å². The summed E-state index contributed by atoms with van der Waals surface area (Å²) in [5.74, 6) is -0.105. The zero-order valence-corrected chi connectivity index (χ0v) is 17.0. The highest BCUT2D eigenvalue weighted by molar-refractivity contribution is 7.15. The van der Waals surface area contributed by atoms with E-state index < -0.39 is 0 Å². The first-order valence-corrected chi connectivity index (χ1v) is 10.8. The van der Waals surface area contributed by atoms with Crippen LogP contribution in [0.3, 0.4) is 0 Å². The average molecular weight is 399 g/mol. The molecule has 2 aliphatic rings. The number of nitrogens with zero attached hydrogens (tertiary/aromatic N) is 2. The summed E-state index contributed by atoms with van der Waals surface area (Å²) >= 11 is 1.63. The number of fused-ring (bicyclic) bond motifs is 1. The number of thiazole rings is 1. The number of amides is 3. The lowest BCUT2D eigenvalue weighted by Crippen LogP contribution is -2.36. The van der Waals surface area contributed by atoms with Crippen molar-refractivity contribution in [3.8, 4) is 0 Å². The summed E-state index contributed by atoms with van der Waals surface area (Å²) in [6, 6.07) is 7.64. The van der Waals surface area contributed by atoms with Gasteiger partial charge < -0.3 is 10.2 Å². The molecule has 0 saturated heterocycles. The van der Waals surface area contributed by atoms with Crippen LogP contribution in [0.15, 0.2) is 24.3 Å². The van der Waals surface area contributed by atoms with Crippen molar-refractivity contribution in [1.82, 2.24) is 15.2 Å². The third-order valence-corrected chi connectivity index (χ3v) is 6.43. The molecule has 1 fully saturated rings. The van der Waals surface area contributed by atoms with Gasteiger partial charge in [0.25, 0.3) is 5.91 Å². The van der Waals surface area contributed by atoms with Crippen LogP contribution >= 0.6 is 11.3 Å². The third-order valence-electron chi connectivity index (χ3n) is 5.35. The predicted octanol–water partition coefficient (Wildman–Crippen LogP) is 3.97. The van der Waals surface area contributed by atoms with Gasteiger partial charge in [0.05, 0.1) is 5.69 Å². The fourth-order valence-electron chi connectivity index (χ4n) is 3.60. The molecular formula is C21H26N4O2S. The number of carbonyl (C=O) groups is 2. The Morgan fingerprint density at radius 2 is 1.89 bits per heavy atom. The molecule has 2 aliphatic carbocycles. The van der Waals surface area contributed by atoms with Gasteiger partial charge in [0.15, 0.2) is 5.13 Å². The Morgan fingerprint density at radius 3 is 2.61 bits per heavy atom. The number of anilines is 1. The minimum absolute atomic E-state index is 0.0817. The number of aryl methyl sites for hydroxylation is 2. The van der Waals surface area contributed by atoms with Gasteiger partial charge in [0, 0.05) is 30.1 Å². The Labute approximate surface area is 169 Å². The summed E-state index contributed by atoms with van der Waals surface area (Å²) in [6.45, 7) is 0.537. The lowest BCUT2D eigenvalue weighted by atomic mass is 10.1. The molecule has 0 radical (unpaired) electrons. The van der Waals surface area contributed by atoms with Crippen LogP contribution in [0.4, 0.5) is 9.93 Å². The number of hydrogen-bond acceptors (Lipinski definition) is 4. The van der Waals surface area contributed by atoms with E-state index >= 15 is 0 Å². The number of carbonyl (C=O) groups excluding carboxylic acids is 2. The van der Waals surface area contributed by atoms with Crippen LogP contribution in [0.25, 0.3) is 0 Å². The molecule has 2 N–H and O–H groups in total. The van der Waals surface area contributed by atoms with E-state index in [4.69, 9.17) is 0 Å². The van der Waals surface area contributed by atoms with Gasteiger partial charge in [-0.1, -0.05) is 18.6 Å². The van der Waals surface area contributed by atoms with Crippen LogP contribution in [-0.2, 0) is 19.4 Å².